The smallest absolute Gasteiger partial charge is 0.223 e. The van der Waals surface area contributed by atoms with Crippen molar-refractivity contribution < 1.29 is 14.6 Å². The van der Waals surface area contributed by atoms with Gasteiger partial charge < -0.3 is 15.2 Å². The molecule has 1 unspecified atom stereocenters. The third kappa shape index (κ3) is 5.83. The van der Waals surface area contributed by atoms with Crippen LogP contribution < -0.4 is 5.32 Å². The first-order valence-corrected chi connectivity index (χ1v) is 7.18. The monoisotopic (exact) mass is 257 g/mol. The summed E-state index contributed by atoms with van der Waals surface area (Å²) in [6, 6.07) is -0.0575. The first kappa shape index (κ1) is 15.4. The first-order chi connectivity index (χ1) is 8.77. The number of aliphatic hydroxyl groups excluding tert-OH is 1. The van der Waals surface area contributed by atoms with Crippen molar-refractivity contribution in [1.82, 2.24) is 5.32 Å². The summed E-state index contributed by atoms with van der Waals surface area (Å²) in [4.78, 5) is 12.2. The Morgan fingerprint density at radius 3 is 2.44 bits per heavy atom. The highest BCUT2D eigenvalue weighted by Gasteiger charge is 2.21. The maximum atomic E-state index is 12.2. The quantitative estimate of drug-likeness (QED) is 0.763. The molecule has 1 atom stereocenters. The second-order valence-electron chi connectivity index (χ2n) is 5.22. The predicted octanol–water partition coefficient (Wildman–Crippen LogP) is 1.86. The molecule has 0 radical (unpaired) electrons. The molecule has 0 aromatic carbocycles. The van der Waals surface area contributed by atoms with E-state index in [2.05, 4.69) is 5.32 Å². The third-order valence-corrected chi connectivity index (χ3v) is 3.67. The Kier molecular flexibility index (Phi) is 8.01. The molecule has 0 aromatic heterocycles. The van der Waals surface area contributed by atoms with Crippen LogP contribution in [0.5, 0.6) is 0 Å². The Hall–Kier alpha value is -0.610. The minimum atomic E-state index is -0.0575. The highest BCUT2D eigenvalue weighted by molar-refractivity contribution is 5.78. The molecule has 2 N–H and O–H groups in total. The van der Waals surface area contributed by atoms with Crippen LogP contribution in [0.15, 0.2) is 0 Å². The summed E-state index contributed by atoms with van der Waals surface area (Å²) in [6.45, 7) is 0.554. The lowest BCUT2D eigenvalue weighted by atomic mass is 9.90. The summed E-state index contributed by atoms with van der Waals surface area (Å²) >= 11 is 0. The SMILES string of the molecule is COCC(CCO)NC(=O)C1CCCCCCC1. The Morgan fingerprint density at radius 1 is 1.28 bits per heavy atom. The van der Waals surface area contributed by atoms with Crippen LogP contribution in [-0.2, 0) is 9.53 Å². The third-order valence-electron chi connectivity index (χ3n) is 3.67. The van der Waals surface area contributed by atoms with Crippen LogP contribution in [0.25, 0.3) is 0 Å². The largest absolute Gasteiger partial charge is 0.396 e. The average Bonchev–Trinajstić information content (AvgIpc) is 2.28. The van der Waals surface area contributed by atoms with Gasteiger partial charge in [0.15, 0.2) is 0 Å². The second-order valence-corrected chi connectivity index (χ2v) is 5.22. The predicted molar refractivity (Wildman–Crippen MR) is 71.3 cm³/mol. The molecule has 4 nitrogen and oxygen atoms in total. The number of ether oxygens (including phenoxy) is 1. The van der Waals surface area contributed by atoms with Gasteiger partial charge in [0.05, 0.1) is 12.6 Å². The molecule has 1 fully saturated rings. The molecule has 1 aliphatic rings. The molecule has 0 bridgehead atoms. The van der Waals surface area contributed by atoms with Crippen molar-refractivity contribution in [3.05, 3.63) is 0 Å². The minimum absolute atomic E-state index is 0.0575. The topological polar surface area (TPSA) is 58.6 Å². The average molecular weight is 257 g/mol. The molecule has 0 aliphatic heterocycles. The number of hydrogen-bond acceptors (Lipinski definition) is 3. The molecule has 0 heterocycles. The maximum Gasteiger partial charge on any atom is 0.223 e. The molecule has 1 amide bonds. The lowest BCUT2D eigenvalue weighted by Gasteiger charge is -2.23. The summed E-state index contributed by atoms with van der Waals surface area (Å²) in [5, 5.41) is 12.0. The Balaban J connectivity index is 2.39. The minimum Gasteiger partial charge on any atom is -0.396 e. The highest BCUT2D eigenvalue weighted by Crippen LogP contribution is 2.22. The van der Waals surface area contributed by atoms with E-state index in [0.29, 0.717) is 13.0 Å². The van der Waals surface area contributed by atoms with Gasteiger partial charge in [-0.25, -0.2) is 0 Å². The zero-order valence-corrected chi connectivity index (χ0v) is 11.5. The summed E-state index contributed by atoms with van der Waals surface area (Å²) in [6.07, 6.45) is 8.71. The fraction of sp³-hybridized carbons (Fsp3) is 0.929. The van der Waals surface area contributed by atoms with Gasteiger partial charge in [0.25, 0.3) is 0 Å². The molecule has 106 valence electrons. The normalized spacial score (nSPS) is 19.9. The number of carbonyl (C=O) groups is 1. The van der Waals surface area contributed by atoms with Crippen molar-refractivity contribution in [2.75, 3.05) is 20.3 Å². The van der Waals surface area contributed by atoms with E-state index in [0.717, 1.165) is 25.7 Å². The fourth-order valence-corrected chi connectivity index (χ4v) is 2.59. The molecule has 0 aromatic rings. The van der Waals surface area contributed by atoms with Gasteiger partial charge in [-0.05, 0) is 19.3 Å². The zero-order valence-electron chi connectivity index (χ0n) is 11.5. The van der Waals surface area contributed by atoms with Crippen LogP contribution in [0.1, 0.15) is 51.4 Å². The van der Waals surface area contributed by atoms with Gasteiger partial charge >= 0.3 is 0 Å². The van der Waals surface area contributed by atoms with E-state index in [1.807, 2.05) is 0 Å². The van der Waals surface area contributed by atoms with Crippen LogP contribution in [-0.4, -0.2) is 37.4 Å². The van der Waals surface area contributed by atoms with Crippen LogP contribution in [0.4, 0.5) is 0 Å². The number of methoxy groups -OCH3 is 1. The number of nitrogens with one attached hydrogen (secondary N) is 1. The molecule has 0 spiro atoms. The van der Waals surface area contributed by atoms with E-state index in [9.17, 15) is 4.79 Å². The van der Waals surface area contributed by atoms with E-state index in [1.54, 1.807) is 7.11 Å². The van der Waals surface area contributed by atoms with E-state index in [-0.39, 0.29) is 24.5 Å². The van der Waals surface area contributed by atoms with E-state index in [1.165, 1.54) is 19.3 Å². The van der Waals surface area contributed by atoms with Crippen molar-refractivity contribution in [2.24, 2.45) is 5.92 Å². The van der Waals surface area contributed by atoms with E-state index < -0.39 is 0 Å². The molecule has 1 rings (SSSR count). The number of amides is 1. The molecule has 1 saturated carbocycles. The van der Waals surface area contributed by atoms with Crippen molar-refractivity contribution >= 4 is 5.91 Å². The molecular weight excluding hydrogens is 230 g/mol. The van der Waals surface area contributed by atoms with Crippen LogP contribution in [0, 0.1) is 5.92 Å². The number of carbonyl (C=O) groups excluding carboxylic acids is 1. The Morgan fingerprint density at radius 2 is 1.89 bits per heavy atom. The summed E-state index contributed by atoms with van der Waals surface area (Å²) in [5.41, 5.74) is 0. The van der Waals surface area contributed by atoms with E-state index in [4.69, 9.17) is 9.84 Å². The van der Waals surface area contributed by atoms with Crippen molar-refractivity contribution in [3.63, 3.8) is 0 Å². The Labute approximate surface area is 110 Å². The summed E-state index contributed by atoms with van der Waals surface area (Å²) in [5.74, 6) is 0.302. The summed E-state index contributed by atoms with van der Waals surface area (Å²) in [7, 11) is 1.62. The van der Waals surface area contributed by atoms with Crippen molar-refractivity contribution in [3.8, 4) is 0 Å². The maximum absolute atomic E-state index is 12.2. The molecule has 18 heavy (non-hydrogen) atoms. The van der Waals surface area contributed by atoms with Gasteiger partial charge in [-0.1, -0.05) is 32.1 Å². The second kappa shape index (κ2) is 9.34. The summed E-state index contributed by atoms with van der Waals surface area (Å²) < 4.78 is 5.06. The van der Waals surface area contributed by atoms with Crippen molar-refractivity contribution in [2.45, 2.75) is 57.4 Å². The molecular formula is C14H27NO3. The lowest BCUT2D eigenvalue weighted by molar-refractivity contribution is -0.126. The molecule has 1 aliphatic carbocycles. The van der Waals surface area contributed by atoms with Crippen LogP contribution in [0.2, 0.25) is 0 Å². The fourth-order valence-electron chi connectivity index (χ4n) is 2.59. The Bertz CT molecular complexity index is 219. The molecule has 4 heteroatoms. The highest BCUT2D eigenvalue weighted by atomic mass is 16.5. The van der Waals surface area contributed by atoms with Crippen LogP contribution in [0.3, 0.4) is 0 Å². The number of rotatable bonds is 6. The van der Waals surface area contributed by atoms with Gasteiger partial charge in [-0.2, -0.15) is 0 Å². The van der Waals surface area contributed by atoms with Crippen molar-refractivity contribution in [1.29, 1.82) is 0 Å². The van der Waals surface area contributed by atoms with Gasteiger partial charge in [-0.15, -0.1) is 0 Å². The lowest BCUT2D eigenvalue weighted by Crippen LogP contribution is -2.42. The number of aliphatic hydroxyl groups is 1. The first-order valence-electron chi connectivity index (χ1n) is 7.18. The van der Waals surface area contributed by atoms with E-state index >= 15 is 0 Å². The van der Waals surface area contributed by atoms with Crippen LogP contribution >= 0.6 is 0 Å². The van der Waals surface area contributed by atoms with Gasteiger partial charge in [0, 0.05) is 19.6 Å². The van der Waals surface area contributed by atoms with Gasteiger partial charge in [-0.3, -0.25) is 4.79 Å². The van der Waals surface area contributed by atoms with Gasteiger partial charge in [0.2, 0.25) is 5.91 Å². The zero-order chi connectivity index (χ0) is 13.2. The number of hydrogen-bond donors (Lipinski definition) is 2. The molecule has 0 saturated heterocycles. The standard InChI is InChI=1S/C14H27NO3/c1-18-11-13(9-10-16)15-14(17)12-7-5-3-2-4-6-8-12/h12-13,16H,2-11H2,1H3,(H,15,17). The van der Waals surface area contributed by atoms with Gasteiger partial charge in [0.1, 0.15) is 0 Å².